The third kappa shape index (κ3) is 6.98. The number of rotatable bonds is 8. The normalized spacial score (nSPS) is 10.3. The van der Waals surface area contributed by atoms with E-state index >= 15 is 0 Å². The summed E-state index contributed by atoms with van der Waals surface area (Å²) >= 11 is 13.4. The van der Waals surface area contributed by atoms with Crippen LogP contribution in [0.3, 0.4) is 0 Å². The van der Waals surface area contributed by atoms with Crippen LogP contribution in [-0.2, 0) is 4.79 Å². The van der Waals surface area contributed by atoms with Crippen molar-refractivity contribution in [3.8, 4) is 0 Å². The maximum absolute atomic E-state index is 11.9. The molecule has 0 aliphatic rings. The summed E-state index contributed by atoms with van der Waals surface area (Å²) in [5.41, 5.74) is 0.406. The predicted molar refractivity (Wildman–Crippen MR) is 104 cm³/mol. The number of halogens is 2. The second kappa shape index (κ2) is 10.3. The van der Waals surface area contributed by atoms with Gasteiger partial charge in [0, 0.05) is 35.2 Å². The van der Waals surface area contributed by atoms with E-state index in [-0.39, 0.29) is 24.8 Å². The summed E-state index contributed by atoms with van der Waals surface area (Å²) in [6.07, 6.45) is 0.224. The molecule has 0 spiro atoms. The molecule has 2 aromatic rings. The van der Waals surface area contributed by atoms with Crippen molar-refractivity contribution in [3.05, 3.63) is 64.1 Å². The van der Waals surface area contributed by atoms with Gasteiger partial charge < -0.3 is 10.6 Å². The SMILES string of the molecule is O=C(CCNC(=O)c1ccccc1Cl)NCCSc1ccc(Cl)cc1. The van der Waals surface area contributed by atoms with E-state index < -0.39 is 0 Å². The molecule has 132 valence electrons. The summed E-state index contributed by atoms with van der Waals surface area (Å²) in [6, 6.07) is 14.4. The van der Waals surface area contributed by atoms with Gasteiger partial charge in [0.25, 0.3) is 5.91 Å². The Morgan fingerprint density at radius 2 is 1.64 bits per heavy atom. The molecule has 25 heavy (non-hydrogen) atoms. The maximum atomic E-state index is 11.9. The minimum Gasteiger partial charge on any atom is -0.355 e. The smallest absolute Gasteiger partial charge is 0.252 e. The van der Waals surface area contributed by atoms with Crippen LogP contribution < -0.4 is 10.6 Å². The lowest BCUT2D eigenvalue weighted by atomic mass is 10.2. The zero-order valence-electron chi connectivity index (χ0n) is 13.4. The van der Waals surface area contributed by atoms with Crippen LogP contribution in [-0.4, -0.2) is 30.7 Å². The van der Waals surface area contributed by atoms with Crippen molar-refractivity contribution >= 4 is 46.8 Å². The van der Waals surface area contributed by atoms with E-state index in [4.69, 9.17) is 23.2 Å². The molecule has 0 fully saturated rings. The van der Waals surface area contributed by atoms with Gasteiger partial charge in [-0.3, -0.25) is 9.59 Å². The third-order valence-electron chi connectivity index (χ3n) is 3.26. The Morgan fingerprint density at radius 3 is 2.36 bits per heavy atom. The van der Waals surface area contributed by atoms with Gasteiger partial charge in [0.05, 0.1) is 10.6 Å². The van der Waals surface area contributed by atoms with Crippen molar-refractivity contribution in [2.45, 2.75) is 11.3 Å². The van der Waals surface area contributed by atoms with Crippen LogP contribution in [0.15, 0.2) is 53.4 Å². The molecule has 2 rings (SSSR count). The highest BCUT2D eigenvalue weighted by Gasteiger charge is 2.09. The highest BCUT2D eigenvalue weighted by Crippen LogP contribution is 2.19. The standard InChI is InChI=1S/C18H18Cl2N2O2S/c19-13-5-7-14(8-6-13)25-12-11-21-17(23)9-10-22-18(24)15-3-1-2-4-16(15)20/h1-8H,9-12H2,(H,21,23)(H,22,24). The molecule has 0 atom stereocenters. The molecule has 0 saturated carbocycles. The molecule has 2 N–H and O–H groups in total. The van der Waals surface area contributed by atoms with Crippen LogP contribution in [0.25, 0.3) is 0 Å². The molecule has 0 aromatic heterocycles. The Bertz CT molecular complexity index is 723. The van der Waals surface area contributed by atoms with Crippen LogP contribution in [0, 0.1) is 0 Å². The topological polar surface area (TPSA) is 58.2 Å². The number of hydrogen-bond donors (Lipinski definition) is 2. The molecular formula is C18H18Cl2N2O2S. The van der Waals surface area contributed by atoms with Gasteiger partial charge in [-0.2, -0.15) is 0 Å². The van der Waals surface area contributed by atoms with Crippen molar-refractivity contribution in [1.82, 2.24) is 10.6 Å². The monoisotopic (exact) mass is 396 g/mol. The van der Waals surface area contributed by atoms with E-state index in [1.807, 2.05) is 24.3 Å². The summed E-state index contributed by atoms with van der Waals surface area (Å²) < 4.78 is 0. The largest absolute Gasteiger partial charge is 0.355 e. The van der Waals surface area contributed by atoms with E-state index in [9.17, 15) is 9.59 Å². The molecule has 0 unspecified atom stereocenters. The highest BCUT2D eigenvalue weighted by molar-refractivity contribution is 7.99. The van der Waals surface area contributed by atoms with Crippen molar-refractivity contribution in [1.29, 1.82) is 0 Å². The minimum absolute atomic E-state index is 0.101. The molecule has 4 nitrogen and oxygen atoms in total. The first-order chi connectivity index (χ1) is 12.1. The first-order valence-electron chi connectivity index (χ1n) is 7.74. The molecule has 0 aliphatic heterocycles. The zero-order chi connectivity index (χ0) is 18.1. The van der Waals surface area contributed by atoms with E-state index in [1.54, 1.807) is 36.0 Å². The first kappa shape index (κ1) is 19.6. The van der Waals surface area contributed by atoms with Crippen molar-refractivity contribution in [3.63, 3.8) is 0 Å². The molecule has 0 saturated heterocycles. The molecule has 0 bridgehead atoms. The van der Waals surface area contributed by atoms with Gasteiger partial charge in [0.2, 0.25) is 5.91 Å². The van der Waals surface area contributed by atoms with Gasteiger partial charge >= 0.3 is 0 Å². The first-order valence-corrected chi connectivity index (χ1v) is 9.48. The number of amides is 2. The average molecular weight is 397 g/mol. The molecule has 2 aromatic carbocycles. The predicted octanol–water partition coefficient (Wildman–Crippen LogP) is 4.02. The molecule has 0 heterocycles. The lowest BCUT2D eigenvalue weighted by molar-refractivity contribution is -0.120. The lowest BCUT2D eigenvalue weighted by Crippen LogP contribution is -2.31. The quantitative estimate of drug-likeness (QED) is 0.523. The number of hydrogen-bond acceptors (Lipinski definition) is 3. The summed E-state index contributed by atoms with van der Waals surface area (Å²) in [6.45, 7) is 0.824. The van der Waals surface area contributed by atoms with E-state index in [0.717, 1.165) is 10.6 Å². The van der Waals surface area contributed by atoms with Gasteiger partial charge in [-0.05, 0) is 36.4 Å². The van der Waals surface area contributed by atoms with E-state index in [1.165, 1.54) is 0 Å². The summed E-state index contributed by atoms with van der Waals surface area (Å²) in [5.74, 6) is 0.382. The van der Waals surface area contributed by atoms with E-state index in [0.29, 0.717) is 22.2 Å². The zero-order valence-corrected chi connectivity index (χ0v) is 15.8. The Labute approximate surface area is 161 Å². The Balaban J connectivity index is 1.60. The summed E-state index contributed by atoms with van der Waals surface area (Å²) in [7, 11) is 0. The van der Waals surface area contributed by atoms with Crippen molar-refractivity contribution < 1.29 is 9.59 Å². The fraction of sp³-hybridized carbons (Fsp3) is 0.222. The Morgan fingerprint density at radius 1 is 0.920 bits per heavy atom. The number of thioether (sulfide) groups is 1. The molecule has 0 radical (unpaired) electrons. The van der Waals surface area contributed by atoms with Crippen molar-refractivity contribution in [2.75, 3.05) is 18.8 Å². The van der Waals surface area contributed by atoms with Gasteiger partial charge in [-0.15, -0.1) is 11.8 Å². The number of carbonyl (C=O) groups excluding carboxylic acids is 2. The second-order valence-corrected chi connectivity index (χ2v) is 7.15. The van der Waals surface area contributed by atoms with E-state index in [2.05, 4.69) is 10.6 Å². The average Bonchev–Trinajstić information content (AvgIpc) is 2.60. The van der Waals surface area contributed by atoms with Crippen LogP contribution in [0.4, 0.5) is 0 Å². The lowest BCUT2D eigenvalue weighted by Gasteiger charge is -2.08. The minimum atomic E-state index is -0.281. The maximum Gasteiger partial charge on any atom is 0.252 e. The molecular weight excluding hydrogens is 379 g/mol. The fourth-order valence-electron chi connectivity index (χ4n) is 2.01. The molecule has 0 aliphatic carbocycles. The summed E-state index contributed by atoms with van der Waals surface area (Å²) in [5, 5.41) is 6.61. The second-order valence-electron chi connectivity index (χ2n) is 5.14. The number of benzene rings is 2. The summed E-state index contributed by atoms with van der Waals surface area (Å²) in [4.78, 5) is 24.8. The van der Waals surface area contributed by atoms with Gasteiger partial charge in [-0.1, -0.05) is 35.3 Å². The Kier molecular flexibility index (Phi) is 8.12. The van der Waals surface area contributed by atoms with Crippen LogP contribution in [0.1, 0.15) is 16.8 Å². The molecule has 2 amide bonds. The number of carbonyl (C=O) groups is 2. The molecule has 7 heteroatoms. The van der Waals surface area contributed by atoms with Gasteiger partial charge in [-0.25, -0.2) is 0 Å². The van der Waals surface area contributed by atoms with Crippen LogP contribution >= 0.6 is 35.0 Å². The van der Waals surface area contributed by atoms with Crippen molar-refractivity contribution in [2.24, 2.45) is 0 Å². The highest BCUT2D eigenvalue weighted by atomic mass is 35.5. The van der Waals surface area contributed by atoms with Crippen LogP contribution in [0.2, 0.25) is 10.0 Å². The van der Waals surface area contributed by atoms with Crippen LogP contribution in [0.5, 0.6) is 0 Å². The van der Waals surface area contributed by atoms with Gasteiger partial charge in [0.15, 0.2) is 0 Å². The fourth-order valence-corrected chi connectivity index (χ4v) is 3.12. The number of nitrogens with one attached hydrogen (secondary N) is 2. The Hall–Kier alpha value is -1.69. The van der Waals surface area contributed by atoms with Gasteiger partial charge in [0.1, 0.15) is 0 Å². The third-order valence-corrected chi connectivity index (χ3v) is 4.86.